The molecule has 0 aliphatic carbocycles. The first-order valence-corrected chi connectivity index (χ1v) is 12.0. The second kappa shape index (κ2) is 9.94. The van der Waals surface area contributed by atoms with Crippen LogP contribution in [0.15, 0.2) is 59.4 Å². The van der Waals surface area contributed by atoms with Gasteiger partial charge in [0.2, 0.25) is 0 Å². The first-order chi connectivity index (χ1) is 16.7. The molecule has 0 saturated carbocycles. The van der Waals surface area contributed by atoms with E-state index in [1.165, 1.54) is 7.11 Å². The van der Waals surface area contributed by atoms with Crippen LogP contribution in [0.4, 0.5) is 4.79 Å². The third kappa shape index (κ3) is 5.24. The van der Waals surface area contributed by atoms with Crippen LogP contribution in [-0.2, 0) is 15.9 Å². The lowest BCUT2D eigenvalue weighted by Crippen LogP contribution is -2.42. The highest BCUT2D eigenvalue weighted by Gasteiger charge is 2.30. The van der Waals surface area contributed by atoms with Gasteiger partial charge in [0.1, 0.15) is 11.3 Å². The summed E-state index contributed by atoms with van der Waals surface area (Å²) in [5, 5.41) is 0.560. The molecular formula is C28H32N2O5. The Hall–Kier alpha value is -3.61. The standard InChI is InChI=1S/C28H32N2O5/c1-28(2,3)35-27(33)29-16-14-19(15-17-29)18-22-24(26(32)34-4)30(20-10-6-5-7-11-20)23-13-9-8-12-21(23)25(22)31/h5-13,19H,14-18H2,1-4H3. The average molecular weight is 477 g/mol. The molecule has 7 heteroatoms. The maximum Gasteiger partial charge on any atom is 0.410 e. The molecule has 2 heterocycles. The Labute approximate surface area is 205 Å². The van der Waals surface area contributed by atoms with Crippen molar-refractivity contribution in [1.29, 1.82) is 0 Å². The minimum atomic E-state index is -0.545. The van der Waals surface area contributed by atoms with Gasteiger partial charge in [-0.05, 0) is 70.2 Å². The minimum Gasteiger partial charge on any atom is -0.464 e. The van der Waals surface area contributed by atoms with E-state index >= 15 is 0 Å². The Balaban J connectivity index is 1.72. The summed E-state index contributed by atoms with van der Waals surface area (Å²) >= 11 is 0. The van der Waals surface area contributed by atoms with Crippen LogP contribution in [0.1, 0.15) is 49.7 Å². The predicted molar refractivity (Wildman–Crippen MR) is 135 cm³/mol. The molecule has 1 amide bonds. The molecule has 4 rings (SSSR count). The minimum absolute atomic E-state index is 0.148. The number of nitrogens with zero attached hydrogens (tertiary/aromatic N) is 2. The lowest BCUT2D eigenvalue weighted by molar-refractivity contribution is 0.0184. The maximum atomic E-state index is 13.7. The Kier molecular flexibility index (Phi) is 6.96. The number of amides is 1. The van der Waals surface area contributed by atoms with E-state index in [0.29, 0.717) is 36.0 Å². The average Bonchev–Trinajstić information content (AvgIpc) is 2.85. The fourth-order valence-corrected chi connectivity index (χ4v) is 4.67. The van der Waals surface area contributed by atoms with Crippen LogP contribution in [0, 0.1) is 5.92 Å². The quantitative estimate of drug-likeness (QED) is 0.497. The van der Waals surface area contributed by atoms with Gasteiger partial charge in [-0.25, -0.2) is 9.59 Å². The molecule has 7 nitrogen and oxygen atoms in total. The second-order valence-electron chi connectivity index (χ2n) is 9.95. The lowest BCUT2D eigenvalue weighted by atomic mass is 9.88. The van der Waals surface area contributed by atoms with E-state index in [9.17, 15) is 14.4 Å². The molecule has 35 heavy (non-hydrogen) atoms. The number of hydrogen-bond donors (Lipinski definition) is 0. The zero-order valence-electron chi connectivity index (χ0n) is 20.7. The van der Waals surface area contributed by atoms with Gasteiger partial charge in [0.15, 0.2) is 5.43 Å². The van der Waals surface area contributed by atoms with Gasteiger partial charge in [-0.2, -0.15) is 0 Å². The van der Waals surface area contributed by atoms with Crippen molar-refractivity contribution < 1.29 is 19.1 Å². The lowest BCUT2D eigenvalue weighted by Gasteiger charge is -2.33. The van der Waals surface area contributed by atoms with E-state index < -0.39 is 11.6 Å². The van der Waals surface area contributed by atoms with Crippen molar-refractivity contribution >= 4 is 23.0 Å². The summed E-state index contributed by atoms with van der Waals surface area (Å²) in [5.41, 5.74) is 1.46. The molecule has 2 aromatic carbocycles. The normalized spacial score (nSPS) is 14.7. The molecule has 1 saturated heterocycles. The predicted octanol–water partition coefficient (Wildman–Crippen LogP) is 4.97. The summed E-state index contributed by atoms with van der Waals surface area (Å²) in [6.07, 6.45) is 1.56. The van der Waals surface area contributed by atoms with Gasteiger partial charge >= 0.3 is 12.1 Å². The van der Waals surface area contributed by atoms with E-state index in [1.54, 1.807) is 11.0 Å². The summed E-state index contributed by atoms with van der Waals surface area (Å²) in [6, 6.07) is 16.9. The number of carbonyl (C=O) groups excluding carboxylic acids is 2. The van der Waals surface area contributed by atoms with E-state index in [4.69, 9.17) is 9.47 Å². The number of aromatic nitrogens is 1. The topological polar surface area (TPSA) is 77.8 Å². The van der Waals surface area contributed by atoms with Crippen LogP contribution >= 0.6 is 0 Å². The van der Waals surface area contributed by atoms with Gasteiger partial charge < -0.3 is 18.9 Å². The summed E-state index contributed by atoms with van der Waals surface area (Å²) in [4.78, 5) is 40.9. The number of benzene rings is 2. The molecule has 184 valence electrons. The summed E-state index contributed by atoms with van der Waals surface area (Å²) in [5.74, 6) is -0.395. The van der Waals surface area contributed by atoms with Crippen molar-refractivity contribution in [3.8, 4) is 5.69 Å². The van der Waals surface area contributed by atoms with Gasteiger partial charge in [0, 0.05) is 29.7 Å². The maximum absolute atomic E-state index is 13.7. The van der Waals surface area contributed by atoms with Gasteiger partial charge in [-0.1, -0.05) is 30.3 Å². The summed E-state index contributed by atoms with van der Waals surface area (Å²) in [7, 11) is 1.33. The smallest absolute Gasteiger partial charge is 0.410 e. The molecule has 1 fully saturated rings. The number of pyridine rings is 1. The SMILES string of the molecule is COC(=O)c1c(CC2CCN(C(=O)OC(C)(C)C)CC2)c(=O)c2ccccc2n1-c1ccccc1. The second-order valence-corrected chi connectivity index (χ2v) is 9.95. The Morgan fingerprint density at radius 3 is 2.23 bits per heavy atom. The molecule has 1 aliphatic rings. The van der Waals surface area contributed by atoms with Crippen LogP contribution in [-0.4, -0.2) is 47.3 Å². The molecule has 3 aromatic rings. The van der Waals surface area contributed by atoms with Crippen molar-refractivity contribution in [2.75, 3.05) is 20.2 Å². The van der Waals surface area contributed by atoms with Crippen molar-refractivity contribution in [2.45, 2.75) is 45.6 Å². The third-order valence-corrected chi connectivity index (χ3v) is 6.33. The fraction of sp³-hybridized carbons (Fsp3) is 0.393. The number of hydrogen-bond acceptors (Lipinski definition) is 5. The van der Waals surface area contributed by atoms with Gasteiger partial charge in [0.25, 0.3) is 0 Å². The van der Waals surface area contributed by atoms with Crippen LogP contribution in [0.25, 0.3) is 16.6 Å². The fourth-order valence-electron chi connectivity index (χ4n) is 4.67. The number of ether oxygens (including phenoxy) is 2. The van der Waals surface area contributed by atoms with E-state index in [1.807, 2.05) is 73.9 Å². The summed E-state index contributed by atoms with van der Waals surface area (Å²) < 4.78 is 12.5. The highest BCUT2D eigenvalue weighted by atomic mass is 16.6. The first-order valence-electron chi connectivity index (χ1n) is 12.0. The van der Waals surface area contributed by atoms with Crippen molar-refractivity contribution in [3.63, 3.8) is 0 Å². The molecule has 0 bridgehead atoms. The molecule has 0 radical (unpaired) electrons. The molecule has 0 N–H and O–H groups in total. The molecule has 0 atom stereocenters. The highest BCUT2D eigenvalue weighted by Crippen LogP contribution is 2.28. The van der Waals surface area contributed by atoms with Crippen LogP contribution < -0.4 is 5.43 Å². The number of esters is 1. The van der Waals surface area contributed by atoms with Gasteiger partial charge in [-0.15, -0.1) is 0 Å². The number of methoxy groups -OCH3 is 1. The van der Waals surface area contributed by atoms with Crippen LogP contribution in [0.2, 0.25) is 0 Å². The molecule has 0 unspecified atom stereocenters. The first kappa shape index (κ1) is 24.5. The Morgan fingerprint density at radius 1 is 0.971 bits per heavy atom. The summed E-state index contributed by atoms with van der Waals surface area (Å²) in [6.45, 7) is 6.65. The van der Waals surface area contributed by atoms with Crippen molar-refractivity contribution in [2.24, 2.45) is 5.92 Å². The molecule has 0 spiro atoms. The largest absolute Gasteiger partial charge is 0.464 e. The molecule has 1 aliphatic heterocycles. The molecule has 1 aromatic heterocycles. The monoisotopic (exact) mass is 476 g/mol. The van der Waals surface area contributed by atoms with E-state index in [2.05, 4.69) is 0 Å². The third-order valence-electron chi connectivity index (χ3n) is 6.33. The number of likely N-dealkylation sites (tertiary alicyclic amines) is 1. The zero-order chi connectivity index (χ0) is 25.2. The number of piperidine rings is 1. The van der Waals surface area contributed by atoms with Gasteiger partial charge in [-0.3, -0.25) is 4.79 Å². The number of fused-ring (bicyclic) bond motifs is 1. The number of para-hydroxylation sites is 2. The van der Waals surface area contributed by atoms with E-state index in [0.717, 1.165) is 18.5 Å². The Bertz CT molecular complexity index is 1280. The molecular weight excluding hydrogens is 444 g/mol. The Morgan fingerprint density at radius 2 is 1.60 bits per heavy atom. The van der Waals surface area contributed by atoms with Crippen LogP contribution in [0.3, 0.4) is 0 Å². The van der Waals surface area contributed by atoms with Crippen molar-refractivity contribution in [3.05, 3.63) is 76.1 Å². The highest BCUT2D eigenvalue weighted by molar-refractivity contribution is 5.95. The van der Waals surface area contributed by atoms with Crippen LogP contribution in [0.5, 0.6) is 0 Å². The number of rotatable bonds is 4. The van der Waals surface area contributed by atoms with Crippen molar-refractivity contribution in [1.82, 2.24) is 9.47 Å². The van der Waals surface area contributed by atoms with Gasteiger partial charge in [0.05, 0.1) is 12.6 Å². The zero-order valence-corrected chi connectivity index (χ0v) is 20.7. The van der Waals surface area contributed by atoms with E-state index in [-0.39, 0.29) is 23.1 Å². The number of carbonyl (C=O) groups is 2.